The summed E-state index contributed by atoms with van der Waals surface area (Å²) in [4.78, 5) is 22.7. The van der Waals surface area contributed by atoms with Crippen LogP contribution in [0.4, 0.5) is 5.13 Å². The van der Waals surface area contributed by atoms with Gasteiger partial charge >= 0.3 is 0 Å². The summed E-state index contributed by atoms with van der Waals surface area (Å²) in [7, 11) is -3.34. The number of thiazole rings is 1. The maximum absolute atomic E-state index is 12.8. The molecule has 2 saturated heterocycles. The van der Waals surface area contributed by atoms with Crippen molar-refractivity contribution in [2.45, 2.75) is 23.8 Å². The van der Waals surface area contributed by atoms with E-state index in [4.69, 9.17) is 0 Å². The molecule has 0 radical (unpaired) electrons. The Morgan fingerprint density at radius 1 is 1.27 bits per heavy atom. The largest absolute Gasteiger partial charge is 0.345 e. The lowest BCUT2D eigenvalue weighted by molar-refractivity contribution is 0.104. The van der Waals surface area contributed by atoms with Crippen LogP contribution >= 0.6 is 11.3 Å². The Kier molecular flexibility index (Phi) is 4.58. The van der Waals surface area contributed by atoms with Crippen molar-refractivity contribution in [2.75, 3.05) is 37.3 Å². The standard InChI is InChI=1S/C18H21N3O3S2/c1-26(23,24)15-6-2-4-13(10-15)17(22)16-11-19-18(25-16)21-9-8-20-7-3-5-14(20)12-21/h2,4,6,10-11,14H,3,5,7-9,12H2,1H3/t14-/m0/s1. The van der Waals surface area contributed by atoms with E-state index in [1.165, 1.54) is 42.9 Å². The molecule has 0 saturated carbocycles. The molecule has 4 rings (SSSR count). The lowest BCUT2D eigenvalue weighted by Crippen LogP contribution is -2.50. The molecule has 1 atom stereocenters. The molecule has 0 unspecified atom stereocenters. The van der Waals surface area contributed by atoms with Crippen LogP contribution in [0.15, 0.2) is 35.4 Å². The first-order valence-electron chi connectivity index (χ1n) is 8.71. The Morgan fingerprint density at radius 3 is 2.92 bits per heavy atom. The molecule has 0 N–H and O–H groups in total. The molecule has 8 heteroatoms. The number of fused-ring (bicyclic) bond motifs is 1. The lowest BCUT2D eigenvalue weighted by Gasteiger charge is -2.37. The third-order valence-electron chi connectivity index (χ3n) is 5.10. The summed E-state index contributed by atoms with van der Waals surface area (Å²) in [5, 5.41) is 0.874. The molecule has 0 aliphatic carbocycles. The van der Waals surface area contributed by atoms with Gasteiger partial charge in [0.05, 0.1) is 16.0 Å². The summed E-state index contributed by atoms with van der Waals surface area (Å²) in [6.07, 6.45) is 5.24. The summed E-state index contributed by atoms with van der Waals surface area (Å²) in [5.74, 6) is -0.182. The Labute approximate surface area is 157 Å². The molecule has 3 heterocycles. The number of hydrogen-bond donors (Lipinski definition) is 0. The molecule has 0 bridgehead atoms. The quantitative estimate of drug-likeness (QED) is 0.743. The number of piperazine rings is 1. The fourth-order valence-corrected chi connectivity index (χ4v) is 5.27. The number of sulfone groups is 1. The molecule has 0 amide bonds. The minimum absolute atomic E-state index is 0.158. The van der Waals surface area contributed by atoms with Crippen molar-refractivity contribution in [3.05, 3.63) is 40.9 Å². The molecule has 1 aromatic carbocycles. The van der Waals surface area contributed by atoms with Gasteiger partial charge in [-0.05, 0) is 31.5 Å². The first-order valence-corrected chi connectivity index (χ1v) is 11.4. The van der Waals surface area contributed by atoms with Crippen LogP contribution in [0.25, 0.3) is 0 Å². The van der Waals surface area contributed by atoms with E-state index >= 15 is 0 Å². The average molecular weight is 392 g/mol. The maximum atomic E-state index is 12.8. The third kappa shape index (κ3) is 3.41. The number of benzene rings is 1. The highest BCUT2D eigenvalue weighted by Crippen LogP contribution is 2.29. The Bertz CT molecular complexity index is 939. The number of hydrogen-bond acceptors (Lipinski definition) is 7. The van der Waals surface area contributed by atoms with Crippen molar-refractivity contribution in [1.29, 1.82) is 0 Å². The van der Waals surface area contributed by atoms with Crippen molar-refractivity contribution < 1.29 is 13.2 Å². The number of anilines is 1. The molecule has 1 aromatic heterocycles. The van der Waals surface area contributed by atoms with Crippen LogP contribution in [0.5, 0.6) is 0 Å². The van der Waals surface area contributed by atoms with Gasteiger partial charge in [0.25, 0.3) is 0 Å². The molecule has 2 aliphatic heterocycles. The van der Waals surface area contributed by atoms with Crippen LogP contribution in [0, 0.1) is 0 Å². The van der Waals surface area contributed by atoms with E-state index < -0.39 is 9.84 Å². The van der Waals surface area contributed by atoms with Crippen LogP contribution in [-0.2, 0) is 9.84 Å². The number of carbonyl (C=O) groups excluding carboxylic acids is 1. The highest BCUT2D eigenvalue weighted by atomic mass is 32.2. The van der Waals surface area contributed by atoms with E-state index in [1.807, 2.05) is 0 Å². The van der Waals surface area contributed by atoms with Gasteiger partial charge in [-0.2, -0.15) is 0 Å². The number of aromatic nitrogens is 1. The average Bonchev–Trinajstić information content (AvgIpc) is 3.29. The number of nitrogens with zero attached hydrogens (tertiary/aromatic N) is 3. The lowest BCUT2D eigenvalue weighted by atomic mass is 10.1. The second-order valence-electron chi connectivity index (χ2n) is 6.91. The zero-order valence-electron chi connectivity index (χ0n) is 14.6. The van der Waals surface area contributed by atoms with E-state index in [1.54, 1.807) is 18.3 Å². The maximum Gasteiger partial charge on any atom is 0.204 e. The van der Waals surface area contributed by atoms with Gasteiger partial charge in [0.1, 0.15) is 0 Å². The molecule has 2 fully saturated rings. The minimum atomic E-state index is -3.34. The van der Waals surface area contributed by atoms with Gasteiger partial charge in [0.15, 0.2) is 15.0 Å². The van der Waals surface area contributed by atoms with E-state index in [0.29, 0.717) is 16.5 Å². The van der Waals surface area contributed by atoms with Crippen LogP contribution < -0.4 is 4.90 Å². The number of rotatable bonds is 4. The van der Waals surface area contributed by atoms with Crippen molar-refractivity contribution in [3.8, 4) is 0 Å². The van der Waals surface area contributed by atoms with E-state index in [0.717, 1.165) is 31.0 Å². The Morgan fingerprint density at radius 2 is 2.12 bits per heavy atom. The van der Waals surface area contributed by atoms with Crippen LogP contribution in [-0.4, -0.2) is 62.6 Å². The SMILES string of the molecule is CS(=O)(=O)c1cccc(C(=O)c2cnc(N3CCN4CCC[C@H]4C3)s2)c1. The summed E-state index contributed by atoms with van der Waals surface area (Å²) in [6.45, 7) is 4.13. The molecular weight excluding hydrogens is 370 g/mol. The fraction of sp³-hybridized carbons (Fsp3) is 0.444. The predicted molar refractivity (Wildman–Crippen MR) is 102 cm³/mol. The molecule has 138 valence electrons. The monoisotopic (exact) mass is 391 g/mol. The summed E-state index contributed by atoms with van der Waals surface area (Å²) in [6, 6.07) is 6.79. The Balaban J connectivity index is 1.54. The zero-order valence-corrected chi connectivity index (χ0v) is 16.2. The third-order valence-corrected chi connectivity index (χ3v) is 7.27. The summed E-state index contributed by atoms with van der Waals surface area (Å²) >= 11 is 1.39. The normalized spacial score (nSPS) is 21.0. The van der Waals surface area contributed by atoms with Gasteiger partial charge in [-0.25, -0.2) is 13.4 Å². The van der Waals surface area contributed by atoms with Gasteiger partial charge in [0.2, 0.25) is 5.78 Å². The topological polar surface area (TPSA) is 70.6 Å². The highest BCUT2D eigenvalue weighted by Gasteiger charge is 2.31. The van der Waals surface area contributed by atoms with Crippen molar-refractivity contribution in [3.63, 3.8) is 0 Å². The minimum Gasteiger partial charge on any atom is -0.345 e. The van der Waals surface area contributed by atoms with Crippen LogP contribution in [0.1, 0.15) is 28.1 Å². The molecular formula is C18H21N3O3S2. The fourth-order valence-electron chi connectivity index (χ4n) is 3.69. The second-order valence-corrected chi connectivity index (χ2v) is 9.94. The van der Waals surface area contributed by atoms with Crippen molar-refractivity contribution >= 4 is 32.1 Å². The first kappa shape index (κ1) is 17.6. The van der Waals surface area contributed by atoms with E-state index in [-0.39, 0.29) is 10.7 Å². The second kappa shape index (κ2) is 6.75. The van der Waals surface area contributed by atoms with Gasteiger partial charge in [-0.3, -0.25) is 9.69 Å². The van der Waals surface area contributed by atoms with Gasteiger partial charge in [0, 0.05) is 37.5 Å². The van der Waals surface area contributed by atoms with Gasteiger partial charge in [-0.1, -0.05) is 23.5 Å². The van der Waals surface area contributed by atoms with Crippen molar-refractivity contribution in [2.24, 2.45) is 0 Å². The number of carbonyl (C=O) groups is 1. The van der Waals surface area contributed by atoms with Crippen molar-refractivity contribution in [1.82, 2.24) is 9.88 Å². The summed E-state index contributed by atoms with van der Waals surface area (Å²) < 4.78 is 23.4. The van der Waals surface area contributed by atoms with E-state index in [2.05, 4.69) is 14.8 Å². The Hall–Kier alpha value is -1.77. The number of ketones is 1. The smallest absolute Gasteiger partial charge is 0.204 e. The molecule has 6 nitrogen and oxygen atoms in total. The molecule has 0 spiro atoms. The summed E-state index contributed by atoms with van der Waals surface area (Å²) in [5.41, 5.74) is 0.378. The van der Waals surface area contributed by atoms with Gasteiger partial charge < -0.3 is 4.90 Å². The zero-order chi connectivity index (χ0) is 18.3. The molecule has 2 aliphatic rings. The predicted octanol–water partition coefficient (Wildman–Crippen LogP) is 2.06. The van der Waals surface area contributed by atoms with Gasteiger partial charge in [-0.15, -0.1) is 0 Å². The molecule has 26 heavy (non-hydrogen) atoms. The van der Waals surface area contributed by atoms with Crippen LogP contribution in [0.2, 0.25) is 0 Å². The first-order chi connectivity index (χ1) is 12.4. The van der Waals surface area contributed by atoms with E-state index in [9.17, 15) is 13.2 Å². The highest BCUT2D eigenvalue weighted by molar-refractivity contribution is 7.90. The molecule has 2 aromatic rings. The van der Waals surface area contributed by atoms with Crippen LogP contribution in [0.3, 0.4) is 0 Å².